The molecule has 0 radical (unpaired) electrons. The van der Waals surface area contributed by atoms with E-state index < -0.39 is 0 Å². The molecule has 2 heteroatoms. The van der Waals surface area contributed by atoms with E-state index in [0.29, 0.717) is 0 Å². The molecule has 2 nitrogen and oxygen atoms in total. The van der Waals surface area contributed by atoms with Gasteiger partial charge in [0.2, 0.25) is 0 Å². The molecule has 0 atom stereocenters. The molecule has 0 unspecified atom stereocenters. The van der Waals surface area contributed by atoms with E-state index >= 15 is 0 Å². The van der Waals surface area contributed by atoms with Gasteiger partial charge in [-0.3, -0.25) is 0 Å². The van der Waals surface area contributed by atoms with Gasteiger partial charge in [-0.05, 0) is 55.6 Å². The molecular weight excluding hydrogens is 388 g/mol. The molecule has 0 aliphatic rings. The maximum Gasteiger partial charge on any atom is 0.140 e. The molecule has 1 heterocycles. The Bertz CT molecular complexity index is 1760. The summed E-state index contributed by atoms with van der Waals surface area (Å²) in [6.07, 6.45) is 0. The molecule has 0 N–H and O–H groups in total. The number of fused-ring (bicyclic) bond motifs is 1. The van der Waals surface area contributed by atoms with Gasteiger partial charge in [0.1, 0.15) is 5.82 Å². The van der Waals surface area contributed by atoms with E-state index in [0.717, 1.165) is 22.4 Å². The molecule has 7 aromatic rings. The van der Waals surface area contributed by atoms with Crippen molar-refractivity contribution in [1.29, 1.82) is 0 Å². The van der Waals surface area contributed by atoms with Crippen molar-refractivity contribution >= 4 is 43.4 Å². The fourth-order valence-corrected chi connectivity index (χ4v) is 5.20. The van der Waals surface area contributed by atoms with E-state index in [1.165, 1.54) is 43.4 Å². The van der Waals surface area contributed by atoms with Crippen molar-refractivity contribution in [1.82, 2.24) is 9.55 Å². The van der Waals surface area contributed by atoms with Crippen LogP contribution >= 0.6 is 0 Å². The second-order valence-corrected chi connectivity index (χ2v) is 8.53. The van der Waals surface area contributed by atoms with Crippen LogP contribution in [-0.4, -0.2) is 9.55 Å². The molecule has 0 amide bonds. The molecule has 0 spiro atoms. The highest BCUT2D eigenvalue weighted by molar-refractivity contribution is 6.25. The molecular formula is C30H20N2. The second-order valence-electron chi connectivity index (χ2n) is 8.53. The fraction of sp³-hybridized carbons (Fsp3) is 0.0333. The molecule has 0 fully saturated rings. The van der Waals surface area contributed by atoms with Gasteiger partial charge >= 0.3 is 0 Å². The summed E-state index contributed by atoms with van der Waals surface area (Å²) >= 11 is 0. The molecule has 150 valence electrons. The summed E-state index contributed by atoms with van der Waals surface area (Å²) in [5, 5.41) is 7.89. The standard InChI is InChI=1S/C30H20N2/c1-32-27-17-14-23(18-26(27)31-30(32)22-6-3-2-4-7-22)24-15-12-21-11-10-19-8-5-9-20-13-16-25(24)29(21)28(19)20/h2-18H,1H3. The highest BCUT2D eigenvalue weighted by Gasteiger charge is 2.14. The third kappa shape index (κ3) is 2.38. The summed E-state index contributed by atoms with van der Waals surface area (Å²) < 4.78 is 2.18. The number of aryl methyl sites for hydroxylation is 1. The first kappa shape index (κ1) is 17.5. The van der Waals surface area contributed by atoms with Crippen molar-refractivity contribution in [3.05, 3.63) is 103 Å². The number of nitrogens with zero attached hydrogens (tertiary/aromatic N) is 2. The third-order valence-electron chi connectivity index (χ3n) is 6.75. The topological polar surface area (TPSA) is 17.8 Å². The number of imidazole rings is 1. The van der Waals surface area contributed by atoms with Crippen LogP contribution < -0.4 is 0 Å². The molecule has 0 saturated carbocycles. The lowest BCUT2D eigenvalue weighted by Crippen LogP contribution is -1.91. The largest absolute Gasteiger partial charge is 0.327 e. The van der Waals surface area contributed by atoms with Gasteiger partial charge in [0.15, 0.2) is 0 Å². The van der Waals surface area contributed by atoms with Crippen molar-refractivity contribution < 1.29 is 0 Å². The van der Waals surface area contributed by atoms with Crippen LogP contribution in [0.3, 0.4) is 0 Å². The average Bonchev–Trinajstić information content (AvgIpc) is 3.18. The zero-order valence-electron chi connectivity index (χ0n) is 17.7. The highest BCUT2D eigenvalue weighted by atomic mass is 15.1. The zero-order chi connectivity index (χ0) is 21.2. The minimum Gasteiger partial charge on any atom is -0.327 e. The van der Waals surface area contributed by atoms with E-state index in [1.807, 2.05) is 6.07 Å². The first-order valence-corrected chi connectivity index (χ1v) is 11.0. The predicted molar refractivity (Wildman–Crippen MR) is 135 cm³/mol. The number of aromatic nitrogens is 2. The van der Waals surface area contributed by atoms with Crippen LogP contribution in [0.15, 0.2) is 103 Å². The van der Waals surface area contributed by atoms with E-state index in [9.17, 15) is 0 Å². The molecule has 6 aromatic carbocycles. The second kappa shape index (κ2) is 6.41. The monoisotopic (exact) mass is 408 g/mol. The van der Waals surface area contributed by atoms with E-state index in [1.54, 1.807) is 0 Å². The van der Waals surface area contributed by atoms with Gasteiger partial charge in [0.25, 0.3) is 0 Å². The summed E-state index contributed by atoms with van der Waals surface area (Å²) in [6, 6.07) is 37.1. The van der Waals surface area contributed by atoms with Crippen molar-refractivity contribution in [3.8, 4) is 22.5 Å². The normalized spacial score (nSPS) is 11.9. The van der Waals surface area contributed by atoms with Crippen LogP contribution in [0.5, 0.6) is 0 Å². The van der Waals surface area contributed by atoms with Gasteiger partial charge in [-0.2, -0.15) is 0 Å². The van der Waals surface area contributed by atoms with Gasteiger partial charge in [-0.1, -0.05) is 91.0 Å². The van der Waals surface area contributed by atoms with Crippen LogP contribution in [0.2, 0.25) is 0 Å². The van der Waals surface area contributed by atoms with Gasteiger partial charge in [-0.25, -0.2) is 4.98 Å². The van der Waals surface area contributed by atoms with E-state index in [2.05, 4.69) is 109 Å². The van der Waals surface area contributed by atoms with Gasteiger partial charge in [0.05, 0.1) is 11.0 Å². The Labute approximate surface area is 185 Å². The molecule has 0 aliphatic carbocycles. The van der Waals surface area contributed by atoms with Gasteiger partial charge < -0.3 is 4.57 Å². The maximum atomic E-state index is 4.99. The number of hydrogen-bond acceptors (Lipinski definition) is 1. The predicted octanol–water partition coefficient (Wildman–Crippen LogP) is 7.80. The number of benzene rings is 6. The summed E-state index contributed by atoms with van der Waals surface area (Å²) in [6.45, 7) is 0. The third-order valence-corrected chi connectivity index (χ3v) is 6.75. The van der Waals surface area contributed by atoms with Crippen molar-refractivity contribution in [2.24, 2.45) is 7.05 Å². The fourth-order valence-electron chi connectivity index (χ4n) is 5.20. The van der Waals surface area contributed by atoms with Crippen molar-refractivity contribution in [2.75, 3.05) is 0 Å². The molecule has 7 rings (SSSR count). The van der Waals surface area contributed by atoms with Gasteiger partial charge in [-0.15, -0.1) is 0 Å². The quantitative estimate of drug-likeness (QED) is 0.267. The summed E-state index contributed by atoms with van der Waals surface area (Å²) in [5.41, 5.74) is 5.76. The molecule has 0 saturated heterocycles. The number of rotatable bonds is 2. The Morgan fingerprint density at radius 1 is 0.594 bits per heavy atom. The Balaban J connectivity index is 1.49. The summed E-state index contributed by atoms with van der Waals surface area (Å²) in [5.74, 6) is 0.994. The molecule has 1 aromatic heterocycles. The minimum atomic E-state index is 0.994. The van der Waals surface area contributed by atoms with Crippen LogP contribution in [0, 0.1) is 0 Å². The first-order chi connectivity index (χ1) is 15.8. The Kier molecular flexibility index (Phi) is 3.51. The molecule has 32 heavy (non-hydrogen) atoms. The Morgan fingerprint density at radius 3 is 2.12 bits per heavy atom. The van der Waals surface area contributed by atoms with Crippen LogP contribution in [0.25, 0.3) is 65.9 Å². The Hall–Kier alpha value is -4.17. The Morgan fingerprint density at radius 2 is 1.31 bits per heavy atom. The minimum absolute atomic E-state index is 0.994. The number of hydrogen-bond donors (Lipinski definition) is 0. The maximum absolute atomic E-state index is 4.99. The molecule has 0 bridgehead atoms. The highest BCUT2D eigenvalue weighted by Crippen LogP contribution is 2.39. The van der Waals surface area contributed by atoms with Crippen LogP contribution in [-0.2, 0) is 7.05 Å². The first-order valence-electron chi connectivity index (χ1n) is 11.0. The summed E-state index contributed by atoms with van der Waals surface area (Å²) in [7, 11) is 2.09. The smallest absolute Gasteiger partial charge is 0.140 e. The van der Waals surface area contributed by atoms with Gasteiger partial charge in [0, 0.05) is 12.6 Å². The lowest BCUT2D eigenvalue weighted by Gasteiger charge is -2.14. The van der Waals surface area contributed by atoms with Crippen LogP contribution in [0.1, 0.15) is 0 Å². The van der Waals surface area contributed by atoms with Crippen molar-refractivity contribution in [3.63, 3.8) is 0 Å². The average molecular weight is 409 g/mol. The molecule has 0 aliphatic heterocycles. The van der Waals surface area contributed by atoms with E-state index in [-0.39, 0.29) is 0 Å². The summed E-state index contributed by atoms with van der Waals surface area (Å²) in [4.78, 5) is 4.99. The lowest BCUT2D eigenvalue weighted by molar-refractivity contribution is 0.959. The van der Waals surface area contributed by atoms with Crippen LogP contribution in [0.4, 0.5) is 0 Å². The SMILES string of the molecule is Cn1c(-c2ccccc2)nc2cc(-c3ccc4ccc5cccc6ccc3c4c56)ccc21. The zero-order valence-corrected chi connectivity index (χ0v) is 17.7. The lowest BCUT2D eigenvalue weighted by atomic mass is 9.90. The van der Waals surface area contributed by atoms with E-state index in [4.69, 9.17) is 4.98 Å². The van der Waals surface area contributed by atoms with Crippen molar-refractivity contribution in [2.45, 2.75) is 0 Å².